The first-order valence-corrected chi connectivity index (χ1v) is 7.37. The summed E-state index contributed by atoms with van der Waals surface area (Å²) in [5.41, 5.74) is 1.16. The Kier molecular flexibility index (Phi) is 6.25. The highest BCUT2D eigenvalue weighted by atomic mass is 35.5. The van der Waals surface area contributed by atoms with Gasteiger partial charge in [-0.15, -0.1) is 11.6 Å². The molecule has 0 saturated carbocycles. The molecule has 0 aromatic heterocycles. The van der Waals surface area contributed by atoms with Crippen molar-refractivity contribution >= 4 is 11.6 Å². The Bertz CT molecular complexity index is 482. The monoisotopic (exact) mass is 290 g/mol. The van der Waals surface area contributed by atoms with Crippen LogP contribution >= 0.6 is 11.6 Å². The minimum atomic E-state index is 0.580. The summed E-state index contributed by atoms with van der Waals surface area (Å²) in [7, 11) is 0. The summed E-state index contributed by atoms with van der Waals surface area (Å²) in [4.78, 5) is 0. The number of ether oxygens (including phenoxy) is 2. The lowest BCUT2D eigenvalue weighted by molar-refractivity contribution is 0.299. The second-order valence-electron chi connectivity index (χ2n) is 4.49. The Balaban J connectivity index is 1.76. The van der Waals surface area contributed by atoms with Crippen LogP contribution in [0.3, 0.4) is 0 Å². The molecule has 0 amide bonds. The second kappa shape index (κ2) is 8.49. The zero-order valence-electron chi connectivity index (χ0n) is 11.4. The zero-order valence-corrected chi connectivity index (χ0v) is 12.2. The molecule has 3 heteroatoms. The molecule has 2 rings (SSSR count). The van der Waals surface area contributed by atoms with Crippen molar-refractivity contribution in [1.82, 2.24) is 0 Å². The van der Waals surface area contributed by atoms with E-state index < -0.39 is 0 Å². The van der Waals surface area contributed by atoms with Gasteiger partial charge < -0.3 is 9.47 Å². The lowest BCUT2D eigenvalue weighted by Crippen LogP contribution is -1.98. The molecule has 0 radical (unpaired) electrons. The molecular formula is C17H19ClO2. The van der Waals surface area contributed by atoms with Crippen molar-refractivity contribution in [3.05, 3.63) is 60.2 Å². The molecule has 0 aliphatic heterocycles. The Labute approximate surface area is 125 Å². The van der Waals surface area contributed by atoms with Crippen LogP contribution in [0, 0.1) is 0 Å². The summed E-state index contributed by atoms with van der Waals surface area (Å²) < 4.78 is 11.3. The first kappa shape index (κ1) is 14.7. The third-order valence-corrected chi connectivity index (χ3v) is 3.14. The third-order valence-electron chi connectivity index (χ3n) is 2.87. The van der Waals surface area contributed by atoms with E-state index in [1.165, 1.54) is 0 Å². The van der Waals surface area contributed by atoms with Crippen molar-refractivity contribution < 1.29 is 9.47 Å². The van der Waals surface area contributed by atoms with E-state index >= 15 is 0 Å². The smallest absolute Gasteiger partial charge is 0.120 e. The molecular weight excluding hydrogens is 272 g/mol. The van der Waals surface area contributed by atoms with Crippen LogP contribution in [-0.2, 0) is 6.61 Å². The van der Waals surface area contributed by atoms with Crippen molar-refractivity contribution in [2.24, 2.45) is 0 Å². The maximum Gasteiger partial charge on any atom is 0.120 e. The third kappa shape index (κ3) is 5.14. The molecule has 2 nitrogen and oxygen atoms in total. The molecule has 2 aromatic rings. The summed E-state index contributed by atoms with van der Waals surface area (Å²) in [5.74, 6) is 2.41. The molecule has 0 bridgehead atoms. The maximum atomic E-state index is 5.72. The van der Waals surface area contributed by atoms with Gasteiger partial charge in [-0.3, -0.25) is 0 Å². The van der Waals surface area contributed by atoms with Crippen molar-refractivity contribution in [2.45, 2.75) is 19.4 Å². The highest BCUT2D eigenvalue weighted by Gasteiger charge is 1.97. The van der Waals surface area contributed by atoms with Gasteiger partial charge in [0.15, 0.2) is 0 Å². The van der Waals surface area contributed by atoms with Crippen molar-refractivity contribution in [2.75, 3.05) is 12.5 Å². The van der Waals surface area contributed by atoms with E-state index in [2.05, 4.69) is 0 Å². The van der Waals surface area contributed by atoms with Crippen LogP contribution in [0.4, 0.5) is 0 Å². The quantitative estimate of drug-likeness (QED) is 0.520. The predicted octanol–water partition coefficient (Wildman–Crippen LogP) is 4.66. The van der Waals surface area contributed by atoms with Gasteiger partial charge in [-0.1, -0.05) is 30.3 Å². The minimum absolute atomic E-state index is 0.580. The first-order valence-electron chi connectivity index (χ1n) is 6.84. The van der Waals surface area contributed by atoms with Gasteiger partial charge in [0.25, 0.3) is 0 Å². The molecule has 0 fully saturated rings. The molecule has 106 valence electrons. The fraction of sp³-hybridized carbons (Fsp3) is 0.294. The number of unbranched alkanes of at least 4 members (excludes halogenated alkanes) is 1. The van der Waals surface area contributed by atoms with E-state index in [4.69, 9.17) is 21.1 Å². The van der Waals surface area contributed by atoms with Crippen molar-refractivity contribution in [3.63, 3.8) is 0 Å². The first-order chi connectivity index (χ1) is 9.88. The molecule has 20 heavy (non-hydrogen) atoms. The van der Waals surface area contributed by atoms with Gasteiger partial charge >= 0.3 is 0 Å². The van der Waals surface area contributed by atoms with E-state index in [0.717, 1.165) is 29.9 Å². The van der Waals surface area contributed by atoms with Gasteiger partial charge in [0.2, 0.25) is 0 Å². The Morgan fingerprint density at radius 3 is 2.05 bits per heavy atom. The molecule has 2 aromatic carbocycles. The van der Waals surface area contributed by atoms with Crippen LogP contribution in [0.15, 0.2) is 54.6 Å². The standard InChI is InChI=1S/C17H19ClO2/c18-12-4-5-13-19-16-8-10-17(11-9-16)20-14-15-6-2-1-3-7-15/h1-3,6-11H,4-5,12-14H2. The van der Waals surface area contributed by atoms with E-state index in [1.54, 1.807) is 0 Å². The summed E-state index contributed by atoms with van der Waals surface area (Å²) in [6.45, 7) is 1.29. The fourth-order valence-electron chi connectivity index (χ4n) is 1.76. The van der Waals surface area contributed by atoms with E-state index in [-0.39, 0.29) is 0 Å². The highest BCUT2D eigenvalue weighted by Crippen LogP contribution is 2.19. The Morgan fingerprint density at radius 2 is 1.40 bits per heavy atom. The zero-order chi connectivity index (χ0) is 14.0. The number of alkyl halides is 1. The van der Waals surface area contributed by atoms with Crippen LogP contribution in [-0.4, -0.2) is 12.5 Å². The van der Waals surface area contributed by atoms with Crippen LogP contribution < -0.4 is 9.47 Å². The van der Waals surface area contributed by atoms with Gasteiger partial charge in [-0.05, 0) is 42.7 Å². The molecule has 0 N–H and O–H groups in total. The van der Waals surface area contributed by atoms with E-state index in [1.807, 2.05) is 54.6 Å². The number of halogens is 1. The topological polar surface area (TPSA) is 18.5 Å². The van der Waals surface area contributed by atoms with Gasteiger partial charge in [0, 0.05) is 5.88 Å². The fourth-order valence-corrected chi connectivity index (χ4v) is 1.95. The summed E-state index contributed by atoms with van der Waals surface area (Å²) in [5, 5.41) is 0. The lowest BCUT2D eigenvalue weighted by atomic mass is 10.2. The van der Waals surface area contributed by atoms with E-state index in [9.17, 15) is 0 Å². The molecule has 0 atom stereocenters. The number of hydrogen-bond donors (Lipinski definition) is 0. The van der Waals surface area contributed by atoms with Crippen LogP contribution in [0.5, 0.6) is 11.5 Å². The summed E-state index contributed by atoms with van der Waals surface area (Å²) in [6.07, 6.45) is 1.97. The van der Waals surface area contributed by atoms with Crippen molar-refractivity contribution in [1.29, 1.82) is 0 Å². The van der Waals surface area contributed by atoms with Gasteiger partial charge in [-0.2, -0.15) is 0 Å². The van der Waals surface area contributed by atoms with Gasteiger partial charge in [-0.25, -0.2) is 0 Å². The summed E-state index contributed by atoms with van der Waals surface area (Å²) >= 11 is 5.62. The number of rotatable bonds is 8. The lowest BCUT2D eigenvalue weighted by Gasteiger charge is -2.08. The SMILES string of the molecule is ClCCCCOc1ccc(OCc2ccccc2)cc1. The average molecular weight is 291 g/mol. The van der Waals surface area contributed by atoms with Crippen LogP contribution in [0.2, 0.25) is 0 Å². The van der Waals surface area contributed by atoms with Crippen LogP contribution in [0.25, 0.3) is 0 Å². The maximum absolute atomic E-state index is 5.72. The molecule has 0 unspecified atom stereocenters. The molecule has 0 heterocycles. The normalized spacial score (nSPS) is 10.2. The van der Waals surface area contributed by atoms with Gasteiger partial charge in [0.05, 0.1) is 6.61 Å². The van der Waals surface area contributed by atoms with Crippen LogP contribution in [0.1, 0.15) is 18.4 Å². The summed E-state index contributed by atoms with van der Waals surface area (Å²) in [6, 6.07) is 17.8. The van der Waals surface area contributed by atoms with Gasteiger partial charge in [0.1, 0.15) is 18.1 Å². The second-order valence-corrected chi connectivity index (χ2v) is 4.87. The Morgan fingerprint density at radius 1 is 0.750 bits per heavy atom. The number of hydrogen-bond acceptors (Lipinski definition) is 2. The molecule has 0 aliphatic rings. The van der Waals surface area contributed by atoms with E-state index in [0.29, 0.717) is 19.1 Å². The molecule has 0 saturated heterocycles. The Hall–Kier alpha value is -1.67. The molecule has 0 spiro atoms. The highest BCUT2D eigenvalue weighted by molar-refractivity contribution is 6.17. The van der Waals surface area contributed by atoms with Crippen molar-refractivity contribution in [3.8, 4) is 11.5 Å². The average Bonchev–Trinajstić information content (AvgIpc) is 2.52. The number of benzene rings is 2. The predicted molar refractivity (Wildman–Crippen MR) is 82.7 cm³/mol. The largest absolute Gasteiger partial charge is 0.494 e. The minimum Gasteiger partial charge on any atom is -0.494 e. The molecule has 0 aliphatic carbocycles.